The van der Waals surface area contributed by atoms with Gasteiger partial charge in [-0.15, -0.1) is 6.58 Å². The van der Waals surface area contributed by atoms with Crippen LogP contribution in [0.3, 0.4) is 0 Å². The summed E-state index contributed by atoms with van der Waals surface area (Å²) in [6.45, 7) is 8.90. The van der Waals surface area contributed by atoms with Crippen LogP contribution in [-0.4, -0.2) is 36.1 Å². The molecule has 6 nitrogen and oxygen atoms in total. The second-order valence-electron chi connectivity index (χ2n) is 6.42. The smallest absolute Gasteiger partial charge is 0.310 e. The van der Waals surface area contributed by atoms with Crippen molar-refractivity contribution in [3.05, 3.63) is 59.4 Å². The number of hydrogen-bond donors (Lipinski definition) is 0. The summed E-state index contributed by atoms with van der Waals surface area (Å²) >= 11 is 0. The maximum atomic E-state index is 12.4. The van der Waals surface area contributed by atoms with E-state index in [0.29, 0.717) is 36.8 Å². The lowest BCUT2D eigenvalue weighted by atomic mass is 10.1. The van der Waals surface area contributed by atoms with E-state index >= 15 is 0 Å². The molecule has 0 saturated carbocycles. The SMILES string of the molecule is C=CCn1c(C)cc(C(=O)COC(=O)Cc2ccc3c(c2)OCCO3)c1C. The second kappa shape index (κ2) is 8.12. The molecule has 6 heteroatoms. The first kappa shape index (κ1) is 18.8. The monoisotopic (exact) mass is 369 g/mol. The largest absolute Gasteiger partial charge is 0.486 e. The van der Waals surface area contributed by atoms with Crippen LogP contribution in [0.4, 0.5) is 0 Å². The Balaban J connectivity index is 1.58. The third kappa shape index (κ3) is 4.22. The number of benzene rings is 1. The molecule has 0 spiro atoms. The van der Waals surface area contributed by atoms with Crippen molar-refractivity contribution in [1.82, 2.24) is 4.57 Å². The number of ether oxygens (including phenoxy) is 3. The zero-order chi connectivity index (χ0) is 19.4. The predicted octanol–water partition coefficient (Wildman–Crippen LogP) is 3.03. The Kier molecular flexibility index (Phi) is 5.64. The molecule has 0 atom stereocenters. The van der Waals surface area contributed by atoms with Crippen molar-refractivity contribution in [2.75, 3.05) is 19.8 Å². The summed E-state index contributed by atoms with van der Waals surface area (Å²) in [4.78, 5) is 24.5. The number of rotatable bonds is 7. The maximum Gasteiger partial charge on any atom is 0.310 e. The minimum Gasteiger partial charge on any atom is -0.486 e. The van der Waals surface area contributed by atoms with E-state index in [0.717, 1.165) is 17.0 Å². The highest BCUT2D eigenvalue weighted by Crippen LogP contribution is 2.30. The predicted molar refractivity (Wildman–Crippen MR) is 101 cm³/mol. The Morgan fingerprint density at radius 3 is 2.67 bits per heavy atom. The molecule has 142 valence electrons. The van der Waals surface area contributed by atoms with Crippen LogP contribution < -0.4 is 9.47 Å². The minimum absolute atomic E-state index is 0.0689. The van der Waals surface area contributed by atoms with E-state index in [9.17, 15) is 9.59 Å². The van der Waals surface area contributed by atoms with Gasteiger partial charge in [-0.2, -0.15) is 0 Å². The van der Waals surface area contributed by atoms with Gasteiger partial charge >= 0.3 is 5.97 Å². The number of allylic oxidation sites excluding steroid dienone is 1. The molecule has 0 unspecified atom stereocenters. The lowest BCUT2D eigenvalue weighted by Gasteiger charge is -2.18. The van der Waals surface area contributed by atoms with Gasteiger partial charge in [0.15, 0.2) is 18.1 Å². The van der Waals surface area contributed by atoms with Crippen molar-refractivity contribution >= 4 is 11.8 Å². The van der Waals surface area contributed by atoms with Gasteiger partial charge < -0.3 is 18.8 Å². The summed E-state index contributed by atoms with van der Waals surface area (Å²) in [5.41, 5.74) is 3.14. The Labute approximate surface area is 158 Å². The number of carbonyl (C=O) groups is 2. The standard InChI is InChI=1S/C21H23NO5/c1-4-7-22-14(2)10-17(15(22)3)18(23)13-27-21(24)12-16-5-6-19-20(11-16)26-9-8-25-19/h4-6,10-11H,1,7-9,12-13H2,2-3H3. The summed E-state index contributed by atoms with van der Waals surface area (Å²) < 4.78 is 18.1. The van der Waals surface area contributed by atoms with Gasteiger partial charge in [0.1, 0.15) is 13.2 Å². The van der Waals surface area contributed by atoms with Gasteiger partial charge in [-0.1, -0.05) is 12.1 Å². The molecule has 0 bridgehead atoms. The van der Waals surface area contributed by atoms with Crippen molar-refractivity contribution in [3.63, 3.8) is 0 Å². The topological polar surface area (TPSA) is 66.8 Å². The van der Waals surface area contributed by atoms with Crippen molar-refractivity contribution < 1.29 is 23.8 Å². The zero-order valence-corrected chi connectivity index (χ0v) is 15.6. The van der Waals surface area contributed by atoms with E-state index in [1.807, 2.05) is 24.5 Å². The molecule has 0 fully saturated rings. The molecule has 1 aromatic carbocycles. The van der Waals surface area contributed by atoms with Crippen molar-refractivity contribution in [3.8, 4) is 11.5 Å². The molecule has 1 aromatic heterocycles. The third-order valence-electron chi connectivity index (χ3n) is 4.51. The molecule has 0 amide bonds. The lowest BCUT2D eigenvalue weighted by molar-refractivity contribution is -0.141. The quantitative estimate of drug-likeness (QED) is 0.426. The van der Waals surface area contributed by atoms with E-state index < -0.39 is 5.97 Å². The molecule has 0 N–H and O–H groups in total. The number of Topliss-reactive ketones (excluding diaryl/α,β-unsaturated/α-hetero) is 1. The Morgan fingerprint density at radius 2 is 1.93 bits per heavy atom. The molecule has 0 radical (unpaired) electrons. The Bertz CT molecular complexity index is 881. The van der Waals surface area contributed by atoms with E-state index in [1.54, 1.807) is 24.3 Å². The summed E-state index contributed by atoms with van der Waals surface area (Å²) in [5.74, 6) is 0.620. The average molecular weight is 369 g/mol. The molecule has 1 aliphatic rings. The van der Waals surface area contributed by atoms with Gasteiger partial charge in [-0.25, -0.2) is 0 Å². The average Bonchev–Trinajstić information content (AvgIpc) is 2.95. The Hall–Kier alpha value is -3.02. The van der Waals surface area contributed by atoms with E-state index in [-0.39, 0.29) is 18.8 Å². The molecule has 3 rings (SSSR count). The fourth-order valence-electron chi connectivity index (χ4n) is 3.13. The van der Waals surface area contributed by atoms with Gasteiger partial charge in [0.05, 0.1) is 6.42 Å². The summed E-state index contributed by atoms with van der Waals surface area (Å²) in [5, 5.41) is 0. The first-order valence-corrected chi connectivity index (χ1v) is 8.84. The number of nitrogens with zero attached hydrogens (tertiary/aromatic N) is 1. The van der Waals surface area contributed by atoms with E-state index in [2.05, 4.69) is 6.58 Å². The molecule has 27 heavy (non-hydrogen) atoms. The molecule has 2 aromatic rings. The molecular formula is C21H23NO5. The number of fused-ring (bicyclic) bond motifs is 1. The number of esters is 1. The second-order valence-corrected chi connectivity index (χ2v) is 6.42. The van der Waals surface area contributed by atoms with Crippen LogP contribution in [0, 0.1) is 13.8 Å². The molecule has 0 aliphatic carbocycles. The van der Waals surface area contributed by atoms with Crippen LogP contribution >= 0.6 is 0 Å². The van der Waals surface area contributed by atoms with Gasteiger partial charge in [-0.05, 0) is 37.6 Å². The first-order chi connectivity index (χ1) is 13.0. The fraction of sp³-hybridized carbons (Fsp3) is 0.333. The summed E-state index contributed by atoms with van der Waals surface area (Å²) in [6, 6.07) is 7.15. The summed E-state index contributed by atoms with van der Waals surface area (Å²) in [6.07, 6.45) is 1.85. The summed E-state index contributed by atoms with van der Waals surface area (Å²) in [7, 11) is 0. The van der Waals surface area contributed by atoms with Gasteiger partial charge in [0, 0.05) is 23.5 Å². The highest BCUT2D eigenvalue weighted by atomic mass is 16.6. The van der Waals surface area contributed by atoms with Crippen molar-refractivity contribution in [2.45, 2.75) is 26.8 Å². The Morgan fingerprint density at radius 1 is 1.19 bits per heavy atom. The first-order valence-electron chi connectivity index (χ1n) is 8.84. The van der Waals surface area contributed by atoms with Gasteiger partial charge in [0.2, 0.25) is 5.78 Å². The van der Waals surface area contributed by atoms with Crippen molar-refractivity contribution in [1.29, 1.82) is 0 Å². The third-order valence-corrected chi connectivity index (χ3v) is 4.51. The van der Waals surface area contributed by atoms with Gasteiger partial charge in [0.25, 0.3) is 0 Å². The highest BCUT2D eigenvalue weighted by Gasteiger charge is 2.18. The zero-order valence-electron chi connectivity index (χ0n) is 15.6. The van der Waals surface area contributed by atoms with Crippen LogP contribution in [0.5, 0.6) is 11.5 Å². The number of carbonyl (C=O) groups excluding carboxylic acids is 2. The fourth-order valence-corrected chi connectivity index (χ4v) is 3.13. The van der Waals surface area contributed by atoms with E-state index in [4.69, 9.17) is 14.2 Å². The number of aromatic nitrogens is 1. The normalized spacial score (nSPS) is 12.5. The van der Waals surface area contributed by atoms with Crippen molar-refractivity contribution in [2.24, 2.45) is 0 Å². The van der Waals surface area contributed by atoms with Crippen LogP contribution in [-0.2, 0) is 22.5 Å². The molecule has 1 aliphatic heterocycles. The highest BCUT2D eigenvalue weighted by molar-refractivity contribution is 5.99. The molecular weight excluding hydrogens is 346 g/mol. The van der Waals surface area contributed by atoms with Crippen LogP contribution in [0.15, 0.2) is 36.9 Å². The van der Waals surface area contributed by atoms with Crippen LogP contribution in [0.2, 0.25) is 0 Å². The molecule has 0 saturated heterocycles. The van der Waals surface area contributed by atoms with E-state index in [1.165, 1.54) is 0 Å². The number of hydrogen-bond acceptors (Lipinski definition) is 5. The maximum absolute atomic E-state index is 12.4. The number of ketones is 1. The van der Waals surface area contributed by atoms with Crippen LogP contribution in [0.25, 0.3) is 0 Å². The van der Waals surface area contributed by atoms with Gasteiger partial charge in [-0.3, -0.25) is 9.59 Å². The van der Waals surface area contributed by atoms with Crippen LogP contribution in [0.1, 0.15) is 27.3 Å². The molecule has 2 heterocycles. The lowest BCUT2D eigenvalue weighted by Crippen LogP contribution is -2.17. The minimum atomic E-state index is -0.458. The number of aryl methyl sites for hydroxylation is 1.